The lowest BCUT2D eigenvalue weighted by Gasteiger charge is -2.14. The van der Waals surface area contributed by atoms with Gasteiger partial charge in [0.1, 0.15) is 0 Å². The highest BCUT2D eigenvalue weighted by atomic mass is 35.5. The monoisotopic (exact) mass is 199 g/mol. The van der Waals surface area contributed by atoms with Crippen LogP contribution in [0.25, 0.3) is 0 Å². The quantitative estimate of drug-likeness (QED) is 0.765. The summed E-state index contributed by atoms with van der Waals surface area (Å²) in [4.78, 5) is 0. The van der Waals surface area contributed by atoms with Crippen LogP contribution in [-0.4, -0.2) is 11.7 Å². The van der Waals surface area contributed by atoms with Crippen LogP contribution >= 0.6 is 11.6 Å². The number of benzene rings is 1. The number of hydrogen-bond acceptors (Lipinski definition) is 2. The highest BCUT2D eigenvalue weighted by Gasteiger charge is 2.12. The zero-order chi connectivity index (χ0) is 10.0. The first-order valence-electron chi connectivity index (χ1n) is 4.21. The molecule has 0 aromatic heterocycles. The van der Waals surface area contributed by atoms with Gasteiger partial charge in [0.15, 0.2) is 0 Å². The van der Waals surface area contributed by atoms with Gasteiger partial charge in [-0.3, -0.25) is 0 Å². The lowest BCUT2D eigenvalue weighted by atomic mass is 10.0. The molecule has 0 fully saturated rings. The third-order valence-electron chi connectivity index (χ3n) is 2.04. The topological polar surface area (TPSA) is 46.2 Å². The van der Waals surface area contributed by atoms with Crippen molar-refractivity contribution >= 4 is 11.6 Å². The van der Waals surface area contributed by atoms with Crippen molar-refractivity contribution in [2.24, 2.45) is 5.73 Å². The summed E-state index contributed by atoms with van der Waals surface area (Å²) in [5.74, 6) is 0. The first kappa shape index (κ1) is 10.5. The summed E-state index contributed by atoms with van der Waals surface area (Å²) < 4.78 is 0. The average Bonchev–Trinajstić information content (AvgIpc) is 2.02. The minimum atomic E-state index is -0.659. The molecule has 3 N–H and O–H groups in total. The molecule has 0 aliphatic rings. The van der Waals surface area contributed by atoms with Crippen molar-refractivity contribution < 1.29 is 5.11 Å². The van der Waals surface area contributed by atoms with Gasteiger partial charge < -0.3 is 10.8 Å². The molecule has 1 aromatic carbocycles. The molecule has 0 saturated heterocycles. The lowest BCUT2D eigenvalue weighted by Crippen LogP contribution is -2.13. The molecule has 1 unspecified atom stereocenters. The Hall–Kier alpha value is -0.570. The molecule has 0 heterocycles. The molecule has 1 atom stereocenters. The molecule has 0 aliphatic heterocycles. The van der Waals surface area contributed by atoms with Gasteiger partial charge in [-0.25, -0.2) is 0 Å². The molecular weight excluding hydrogens is 186 g/mol. The van der Waals surface area contributed by atoms with E-state index in [2.05, 4.69) is 0 Å². The van der Waals surface area contributed by atoms with E-state index in [1.165, 1.54) is 0 Å². The molecule has 2 nitrogen and oxygen atoms in total. The van der Waals surface area contributed by atoms with E-state index in [4.69, 9.17) is 17.3 Å². The van der Waals surface area contributed by atoms with Crippen molar-refractivity contribution in [3.63, 3.8) is 0 Å². The molecule has 0 aliphatic carbocycles. The average molecular weight is 200 g/mol. The van der Waals surface area contributed by atoms with Crippen LogP contribution in [0.3, 0.4) is 0 Å². The summed E-state index contributed by atoms with van der Waals surface area (Å²) in [5, 5.41) is 10.2. The van der Waals surface area contributed by atoms with Crippen LogP contribution in [0.4, 0.5) is 0 Å². The Balaban J connectivity index is 3.20. The predicted octanol–water partition coefficient (Wildman–Crippen LogP) is 1.95. The van der Waals surface area contributed by atoms with Crippen molar-refractivity contribution in [1.82, 2.24) is 0 Å². The van der Waals surface area contributed by atoms with Crippen LogP contribution in [0.5, 0.6) is 0 Å². The van der Waals surface area contributed by atoms with Crippen molar-refractivity contribution in [2.75, 3.05) is 6.54 Å². The molecule has 0 bridgehead atoms. The Morgan fingerprint density at radius 1 is 1.46 bits per heavy atom. The number of aryl methyl sites for hydroxylation is 2. The van der Waals surface area contributed by atoms with Crippen LogP contribution in [-0.2, 0) is 0 Å². The van der Waals surface area contributed by atoms with Gasteiger partial charge in [-0.05, 0) is 31.0 Å². The number of hydrogen-bond donors (Lipinski definition) is 2. The molecule has 0 spiro atoms. The van der Waals surface area contributed by atoms with Crippen LogP contribution < -0.4 is 5.73 Å². The molecule has 0 amide bonds. The second kappa shape index (κ2) is 4.09. The predicted molar refractivity (Wildman–Crippen MR) is 54.9 cm³/mol. The van der Waals surface area contributed by atoms with Gasteiger partial charge in [-0.15, -0.1) is 0 Å². The van der Waals surface area contributed by atoms with Gasteiger partial charge in [0, 0.05) is 17.1 Å². The summed E-state index contributed by atoms with van der Waals surface area (Å²) in [7, 11) is 0. The van der Waals surface area contributed by atoms with E-state index in [1.54, 1.807) is 0 Å². The Labute approximate surface area is 83.3 Å². The Kier molecular flexibility index (Phi) is 3.31. The Morgan fingerprint density at radius 3 is 2.54 bits per heavy atom. The largest absolute Gasteiger partial charge is 0.387 e. The number of aliphatic hydroxyl groups excluding tert-OH is 1. The standard InChI is InChI=1S/C10H14ClNO/c1-6-3-7(2)10(8(11)4-6)9(13)5-12/h3-4,9,13H,5,12H2,1-2H3. The fourth-order valence-corrected chi connectivity index (χ4v) is 1.91. The highest BCUT2D eigenvalue weighted by molar-refractivity contribution is 6.31. The third kappa shape index (κ3) is 2.21. The third-order valence-corrected chi connectivity index (χ3v) is 2.35. The molecule has 1 rings (SSSR count). The van der Waals surface area contributed by atoms with Crippen molar-refractivity contribution in [3.8, 4) is 0 Å². The van der Waals surface area contributed by atoms with E-state index in [-0.39, 0.29) is 6.54 Å². The number of halogens is 1. The maximum atomic E-state index is 9.57. The van der Waals surface area contributed by atoms with E-state index >= 15 is 0 Å². The van der Waals surface area contributed by atoms with Crippen LogP contribution in [0.1, 0.15) is 22.8 Å². The number of aliphatic hydroxyl groups is 1. The van der Waals surface area contributed by atoms with E-state index in [0.717, 1.165) is 16.7 Å². The minimum absolute atomic E-state index is 0.198. The van der Waals surface area contributed by atoms with Crippen LogP contribution in [0, 0.1) is 13.8 Å². The molecule has 0 radical (unpaired) electrons. The van der Waals surface area contributed by atoms with Crippen molar-refractivity contribution in [3.05, 3.63) is 33.8 Å². The van der Waals surface area contributed by atoms with Gasteiger partial charge in [-0.2, -0.15) is 0 Å². The maximum absolute atomic E-state index is 9.57. The highest BCUT2D eigenvalue weighted by Crippen LogP contribution is 2.27. The SMILES string of the molecule is Cc1cc(C)c(C(O)CN)c(Cl)c1. The summed E-state index contributed by atoms with van der Waals surface area (Å²) in [6, 6.07) is 3.82. The summed E-state index contributed by atoms with van der Waals surface area (Å²) in [5.41, 5.74) is 8.20. The smallest absolute Gasteiger partial charge is 0.0929 e. The summed E-state index contributed by atoms with van der Waals surface area (Å²) in [6.07, 6.45) is -0.659. The number of nitrogens with two attached hydrogens (primary N) is 1. The number of rotatable bonds is 2. The first-order valence-corrected chi connectivity index (χ1v) is 4.59. The van der Waals surface area contributed by atoms with Crippen molar-refractivity contribution in [2.45, 2.75) is 20.0 Å². The second-order valence-corrected chi connectivity index (χ2v) is 3.64. The summed E-state index contributed by atoms with van der Waals surface area (Å²) in [6.45, 7) is 4.09. The molecule has 1 aromatic rings. The fraction of sp³-hybridized carbons (Fsp3) is 0.400. The zero-order valence-corrected chi connectivity index (χ0v) is 8.60. The minimum Gasteiger partial charge on any atom is -0.387 e. The van der Waals surface area contributed by atoms with Gasteiger partial charge >= 0.3 is 0 Å². The van der Waals surface area contributed by atoms with Gasteiger partial charge in [-0.1, -0.05) is 17.7 Å². The van der Waals surface area contributed by atoms with Gasteiger partial charge in [0.2, 0.25) is 0 Å². The Bertz CT molecular complexity index is 289. The fourth-order valence-electron chi connectivity index (χ4n) is 1.47. The first-order chi connectivity index (χ1) is 6.06. The molecule has 0 saturated carbocycles. The Morgan fingerprint density at radius 2 is 2.08 bits per heavy atom. The zero-order valence-electron chi connectivity index (χ0n) is 7.84. The normalized spacial score (nSPS) is 13.0. The second-order valence-electron chi connectivity index (χ2n) is 3.23. The molecule has 3 heteroatoms. The summed E-state index contributed by atoms with van der Waals surface area (Å²) >= 11 is 5.99. The van der Waals surface area contributed by atoms with Gasteiger partial charge in [0.05, 0.1) is 6.10 Å². The van der Waals surface area contributed by atoms with E-state index in [1.807, 2.05) is 26.0 Å². The molecule has 13 heavy (non-hydrogen) atoms. The van der Waals surface area contributed by atoms with E-state index in [9.17, 15) is 5.11 Å². The van der Waals surface area contributed by atoms with E-state index < -0.39 is 6.10 Å². The van der Waals surface area contributed by atoms with Crippen molar-refractivity contribution in [1.29, 1.82) is 0 Å². The van der Waals surface area contributed by atoms with Crippen LogP contribution in [0.2, 0.25) is 5.02 Å². The van der Waals surface area contributed by atoms with Crippen LogP contribution in [0.15, 0.2) is 12.1 Å². The maximum Gasteiger partial charge on any atom is 0.0929 e. The molecule has 72 valence electrons. The lowest BCUT2D eigenvalue weighted by molar-refractivity contribution is 0.186. The van der Waals surface area contributed by atoms with Gasteiger partial charge in [0.25, 0.3) is 0 Å². The van der Waals surface area contributed by atoms with E-state index in [0.29, 0.717) is 5.02 Å². The molecular formula is C10H14ClNO.